The molecule has 0 spiro atoms. The van der Waals surface area contributed by atoms with E-state index in [1.807, 2.05) is 42.7 Å². The molecule has 0 atom stereocenters. The van der Waals surface area contributed by atoms with Gasteiger partial charge in [-0.25, -0.2) is 0 Å². The van der Waals surface area contributed by atoms with Gasteiger partial charge in [-0.15, -0.1) is 0 Å². The second-order valence-electron chi connectivity index (χ2n) is 4.68. The Morgan fingerprint density at radius 2 is 2.15 bits per heavy atom. The molecule has 108 valence electrons. The molecule has 0 aliphatic rings. The summed E-state index contributed by atoms with van der Waals surface area (Å²) in [6.45, 7) is 7.56. The van der Waals surface area contributed by atoms with E-state index in [2.05, 4.69) is 27.8 Å². The molecule has 0 amide bonds. The van der Waals surface area contributed by atoms with E-state index in [-0.39, 0.29) is 0 Å². The first-order valence-corrected chi connectivity index (χ1v) is 6.98. The first kappa shape index (κ1) is 14.5. The van der Waals surface area contributed by atoms with Crippen LogP contribution in [0.1, 0.15) is 23.9 Å². The number of hydrogen-bond acceptors (Lipinski definition) is 3. The lowest BCUT2D eigenvalue weighted by atomic mass is 10.3. The standard InChI is InChI=1S/C13H20N6S/c1-5-19-8-11(7-15-19)6-14-13(20)16-12-9(2)17-18(4)10(12)3/h7-8H,5-6H2,1-4H3,(H2,14,16,20). The molecule has 0 saturated heterocycles. The van der Waals surface area contributed by atoms with Crippen LogP contribution in [0.4, 0.5) is 5.69 Å². The van der Waals surface area contributed by atoms with Crippen LogP contribution < -0.4 is 10.6 Å². The Morgan fingerprint density at radius 3 is 2.70 bits per heavy atom. The van der Waals surface area contributed by atoms with Gasteiger partial charge in [0.05, 0.1) is 23.3 Å². The van der Waals surface area contributed by atoms with Gasteiger partial charge in [0.2, 0.25) is 0 Å². The number of aryl methyl sites for hydroxylation is 3. The summed E-state index contributed by atoms with van der Waals surface area (Å²) in [4.78, 5) is 0. The van der Waals surface area contributed by atoms with Crippen molar-refractivity contribution in [1.29, 1.82) is 0 Å². The second-order valence-corrected chi connectivity index (χ2v) is 5.09. The molecule has 0 aliphatic carbocycles. The van der Waals surface area contributed by atoms with Crippen LogP contribution in [-0.2, 0) is 20.1 Å². The zero-order valence-corrected chi connectivity index (χ0v) is 13.1. The van der Waals surface area contributed by atoms with Crippen LogP contribution in [0.25, 0.3) is 0 Å². The molecule has 20 heavy (non-hydrogen) atoms. The fourth-order valence-corrected chi connectivity index (χ4v) is 2.14. The molecule has 6 nitrogen and oxygen atoms in total. The summed E-state index contributed by atoms with van der Waals surface area (Å²) in [7, 11) is 1.92. The molecule has 0 aliphatic heterocycles. The molecular formula is C13H20N6S. The van der Waals surface area contributed by atoms with E-state index in [0.717, 1.165) is 29.2 Å². The summed E-state index contributed by atoms with van der Waals surface area (Å²) in [6.07, 6.45) is 3.86. The van der Waals surface area contributed by atoms with Gasteiger partial charge in [-0.05, 0) is 33.0 Å². The molecule has 2 aromatic rings. The van der Waals surface area contributed by atoms with Gasteiger partial charge in [-0.1, -0.05) is 0 Å². The van der Waals surface area contributed by atoms with Gasteiger partial charge >= 0.3 is 0 Å². The first-order chi connectivity index (χ1) is 9.51. The fourth-order valence-electron chi connectivity index (χ4n) is 1.97. The lowest BCUT2D eigenvalue weighted by Gasteiger charge is -2.10. The van der Waals surface area contributed by atoms with Crippen molar-refractivity contribution >= 4 is 23.0 Å². The maximum atomic E-state index is 5.31. The second kappa shape index (κ2) is 6.04. The predicted molar refractivity (Wildman–Crippen MR) is 83.6 cm³/mol. The van der Waals surface area contributed by atoms with Crippen LogP contribution in [0.2, 0.25) is 0 Å². The Labute approximate surface area is 124 Å². The largest absolute Gasteiger partial charge is 0.358 e. The molecule has 2 heterocycles. The van der Waals surface area contributed by atoms with Crippen LogP contribution in [0.15, 0.2) is 12.4 Å². The van der Waals surface area contributed by atoms with E-state index < -0.39 is 0 Å². The van der Waals surface area contributed by atoms with Crippen molar-refractivity contribution in [3.63, 3.8) is 0 Å². The number of rotatable bonds is 4. The van der Waals surface area contributed by atoms with Crippen LogP contribution in [0.3, 0.4) is 0 Å². The third kappa shape index (κ3) is 3.16. The zero-order valence-electron chi connectivity index (χ0n) is 12.3. The number of nitrogens with zero attached hydrogens (tertiary/aromatic N) is 4. The van der Waals surface area contributed by atoms with Crippen molar-refractivity contribution in [1.82, 2.24) is 24.9 Å². The van der Waals surface area contributed by atoms with Crippen molar-refractivity contribution in [3.05, 3.63) is 29.3 Å². The first-order valence-electron chi connectivity index (χ1n) is 6.57. The molecule has 0 saturated carbocycles. The zero-order chi connectivity index (χ0) is 14.7. The normalized spacial score (nSPS) is 10.6. The van der Waals surface area contributed by atoms with Gasteiger partial charge in [0, 0.05) is 31.9 Å². The average molecular weight is 292 g/mol. The number of hydrogen-bond donors (Lipinski definition) is 2. The molecule has 0 bridgehead atoms. The fraction of sp³-hybridized carbons (Fsp3) is 0.462. The molecule has 0 aromatic carbocycles. The molecule has 0 radical (unpaired) electrons. The minimum Gasteiger partial charge on any atom is -0.358 e. The van der Waals surface area contributed by atoms with E-state index in [1.165, 1.54) is 0 Å². The van der Waals surface area contributed by atoms with Gasteiger partial charge in [-0.3, -0.25) is 9.36 Å². The maximum absolute atomic E-state index is 5.31. The minimum atomic E-state index is 0.591. The topological polar surface area (TPSA) is 59.7 Å². The van der Waals surface area contributed by atoms with Gasteiger partial charge in [0.1, 0.15) is 0 Å². The minimum absolute atomic E-state index is 0.591. The summed E-state index contributed by atoms with van der Waals surface area (Å²) >= 11 is 5.31. The Bertz CT molecular complexity index is 612. The lowest BCUT2D eigenvalue weighted by molar-refractivity contribution is 0.659. The van der Waals surface area contributed by atoms with Gasteiger partial charge < -0.3 is 10.6 Å². The Hall–Kier alpha value is -1.89. The molecule has 2 N–H and O–H groups in total. The van der Waals surface area contributed by atoms with E-state index >= 15 is 0 Å². The number of anilines is 1. The summed E-state index contributed by atoms with van der Waals surface area (Å²) in [5.74, 6) is 0. The predicted octanol–water partition coefficient (Wildman–Crippen LogP) is 1.74. The van der Waals surface area contributed by atoms with Gasteiger partial charge in [0.15, 0.2) is 5.11 Å². The number of thiocarbonyl (C=S) groups is 1. The van der Waals surface area contributed by atoms with Crippen LogP contribution >= 0.6 is 12.2 Å². The highest BCUT2D eigenvalue weighted by Crippen LogP contribution is 2.17. The highest BCUT2D eigenvalue weighted by molar-refractivity contribution is 7.80. The summed E-state index contributed by atoms with van der Waals surface area (Å²) in [5.41, 5.74) is 4.07. The average Bonchev–Trinajstić information content (AvgIpc) is 2.97. The van der Waals surface area contributed by atoms with Crippen molar-refractivity contribution in [3.8, 4) is 0 Å². The van der Waals surface area contributed by atoms with Crippen LogP contribution in [-0.4, -0.2) is 24.7 Å². The molecule has 7 heteroatoms. The van der Waals surface area contributed by atoms with Crippen molar-refractivity contribution < 1.29 is 0 Å². The third-order valence-corrected chi connectivity index (χ3v) is 3.46. The van der Waals surface area contributed by atoms with E-state index in [1.54, 1.807) is 0 Å². The Morgan fingerprint density at radius 1 is 1.40 bits per heavy atom. The summed E-state index contributed by atoms with van der Waals surface area (Å²) in [5, 5.41) is 15.5. The summed E-state index contributed by atoms with van der Waals surface area (Å²) < 4.78 is 3.73. The SMILES string of the molecule is CCn1cc(CNC(=S)Nc2c(C)nn(C)c2C)cn1. The summed E-state index contributed by atoms with van der Waals surface area (Å²) in [6, 6.07) is 0. The van der Waals surface area contributed by atoms with Crippen LogP contribution in [0.5, 0.6) is 0 Å². The van der Waals surface area contributed by atoms with E-state index in [4.69, 9.17) is 12.2 Å². The van der Waals surface area contributed by atoms with Crippen molar-refractivity contribution in [2.45, 2.75) is 33.9 Å². The molecule has 0 unspecified atom stereocenters. The highest BCUT2D eigenvalue weighted by atomic mass is 32.1. The van der Waals surface area contributed by atoms with E-state index in [0.29, 0.717) is 11.7 Å². The molecule has 0 fully saturated rings. The quantitative estimate of drug-likeness (QED) is 0.841. The maximum Gasteiger partial charge on any atom is 0.171 e. The Kier molecular flexibility index (Phi) is 4.39. The molecule has 2 aromatic heterocycles. The molecule has 2 rings (SSSR count). The molecular weight excluding hydrogens is 272 g/mol. The van der Waals surface area contributed by atoms with E-state index in [9.17, 15) is 0 Å². The monoisotopic (exact) mass is 292 g/mol. The smallest absolute Gasteiger partial charge is 0.171 e. The van der Waals surface area contributed by atoms with Crippen molar-refractivity contribution in [2.75, 3.05) is 5.32 Å². The third-order valence-electron chi connectivity index (χ3n) is 3.21. The van der Waals surface area contributed by atoms with Gasteiger partial charge in [0.25, 0.3) is 0 Å². The van der Waals surface area contributed by atoms with Gasteiger partial charge in [-0.2, -0.15) is 10.2 Å². The number of aromatic nitrogens is 4. The van der Waals surface area contributed by atoms with Crippen LogP contribution in [0, 0.1) is 13.8 Å². The van der Waals surface area contributed by atoms with Crippen molar-refractivity contribution in [2.24, 2.45) is 7.05 Å². The Balaban J connectivity index is 1.92. The highest BCUT2D eigenvalue weighted by Gasteiger charge is 2.10. The number of nitrogens with one attached hydrogen (secondary N) is 2. The lowest BCUT2D eigenvalue weighted by Crippen LogP contribution is -2.28.